The maximum absolute atomic E-state index is 12.2. The van der Waals surface area contributed by atoms with Crippen LogP contribution in [0, 0.1) is 5.92 Å². The maximum Gasteiger partial charge on any atom is 0.338 e. The van der Waals surface area contributed by atoms with E-state index < -0.39 is 0 Å². The minimum atomic E-state index is -0.252. The molecule has 4 nitrogen and oxygen atoms in total. The summed E-state index contributed by atoms with van der Waals surface area (Å²) in [4.78, 5) is 15.6. The van der Waals surface area contributed by atoms with Crippen molar-refractivity contribution in [3.8, 4) is 0 Å². The highest BCUT2D eigenvalue weighted by Crippen LogP contribution is 2.50. The molecule has 1 aromatic heterocycles. The molecular formula is C23H22N2O2. The lowest BCUT2D eigenvalue weighted by molar-refractivity contribution is 0.0526. The molecule has 0 bridgehead atoms. The van der Waals surface area contributed by atoms with Crippen LogP contribution in [0.2, 0.25) is 0 Å². The van der Waals surface area contributed by atoms with E-state index in [0.29, 0.717) is 24.0 Å². The Kier molecular flexibility index (Phi) is 3.78. The third-order valence-electron chi connectivity index (χ3n) is 5.83. The molecule has 2 aliphatic rings. The van der Waals surface area contributed by atoms with Gasteiger partial charge in [-0.05, 0) is 54.7 Å². The summed E-state index contributed by atoms with van der Waals surface area (Å²) in [7, 11) is 0. The molecule has 2 N–H and O–H groups in total. The van der Waals surface area contributed by atoms with Gasteiger partial charge in [-0.2, -0.15) is 0 Å². The number of aromatic nitrogens is 1. The van der Waals surface area contributed by atoms with Crippen molar-refractivity contribution < 1.29 is 9.53 Å². The summed E-state index contributed by atoms with van der Waals surface area (Å²) in [5, 5.41) is 5.02. The molecule has 2 aromatic carbocycles. The largest absolute Gasteiger partial charge is 0.462 e. The third-order valence-corrected chi connectivity index (χ3v) is 5.83. The monoisotopic (exact) mass is 358 g/mol. The first-order valence-electron chi connectivity index (χ1n) is 9.56. The average Bonchev–Trinajstić information content (AvgIpc) is 3.35. The quantitative estimate of drug-likeness (QED) is 0.501. The minimum absolute atomic E-state index is 0.238. The smallest absolute Gasteiger partial charge is 0.338 e. The summed E-state index contributed by atoms with van der Waals surface area (Å²) >= 11 is 0. The van der Waals surface area contributed by atoms with Gasteiger partial charge in [0, 0.05) is 28.7 Å². The number of aromatic amines is 1. The van der Waals surface area contributed by atoms with E-state index >= 15 is 0 Å². The maximum atomic E-state index is 12.2. The van der Waals surface area contributed by atoms with Crippen LogP contribution in [0.1, 0.15) is 46.8 Å². The average molecular weight is 358 g/mol. The molecule has 0 saturated carbocycles. The number of H-pyrrole nitrogens is 1. The predicted molar refractivity (Wildman–Crippen MR) is 107 cm³/mol. The Morgan fingerprint density at radius 1 is 1.19 bits per heavy atom. The molecule has 1 aliphatic carbocycles. The Balaban J connectivity index is 1.57. The normalized spacial score (nSPS) is 22.9. The van der Waals surface area contributed by atoms with Gasteiger partial charge in [-0.3, -0.25) is 0 Å². The number of benzene rings is 2. The Morgan fingerprint density at radius 3 is 2.96 bits per heavy atom. The van der Waals surface area contributed by atoms with Gasteiger partial charge in [-0.1, -0.05) is 30.4 Å². The molecule has 4 heteroatoms. The van der Waals surface area contributed by atoms with E-state index in [4.69, 9.17) is 4.74 Å². The number of allylic oxidation sites excluding steroid dienone is 2. The number of ether oxygens (including phenoxy) is 1. The number of rotatable bonds is 3. The van der Waals surface area contributed by atoms with E-state index in [0.717, 1.165) is 12.1 Å². The zero-order valence-electron chi connectivity index (χ0n) is 15.2. The molecule has 136 valence electrons. The zero-order chi connectivity index (χ0) is 18.4. The van der Waals surface area contributed by atoms with Gasteiger partial charge in [0.25, 0.3) is 0 Å². The van der Waals surface area contributed by atoms with Crippen molar-refractivity contribution in [2.75, 3.05) is 11.9 Å². The number of fused-ring (bicyclic) bond motifs is 4. The molecule has 3 atom stereocenters. The molecule has 0 amide bonds. The van der Waals surface area contributed by atoms with Crippen LogP contribution in [0.4, 0.5) is 5.69 Å². The van der Waals surface area contributed by atoms with Gasteiger partial charge < -0.3 is 15.0 Å². The van der Waals surface area contributed by atoms with Crippen molar-refractivity contribution >= 4 is 22.6 Å². The second-order valence-corrected chi connectivity index (χ2v) is 7.29. The molecule has 1 aliphatic heterocycles. The van der Waals surface area contributed by atoms with Crippen molar-refractivity contribution in [1.29, 1.82) is 0 Å². The number of nitrogens with one attached hydrogen (secondary N) is 2. The molecular weight excluding hydrogens is 336 g/mol. The van der Waals surface area contributed by atoms with Gasteiger partial charge in [0.2, 0.25) is 0 Å². The lowest BCUT2D eigenvalue weighted by Crippen LogP contribution is -2.29. The Morgan fingerprint density at radius 2 is 2.07 bits per heavy atom. The topological polar surface area (TPSA) is 54.1 Å². The molecule has 3 aromatic rings. The number of para-hydroxylation sites is 1. The molecule has 2 heterocycles. The number of anilines is 1. The van der Waals surface area contributed by atoms with Crippen molar-refractivity contribution in [2.24, 2.45) is 5.92 Å². The molecule has 0 radical (unpaired) electrons. The first-order chi connectivity index (χ1) is 13.3. The van der Waals surface area contributed by atoms with Crippen LogP contribution in [0.15, 0.2) is 60.8 Å². The van der Waals surface area contributed by atoms with Crippen LogP contribution < -0.4 is 5.32 Å². The Labute approximate surface area is 158 Å². The van der Waals surface area contributed by atoms with Gasteiger partial charge in [0.05, 0.1) is 18.2 Å². The third kappa shape index (κ3) is 2.55. The number of esters is 1. The molecule has 5 rings (SSSR count). The highest BCUT2D eigenvalue weighted by atomic mass is 16.5. The lowest BCUT2D eigenvalue weighted by atomic mass is 9.76. The van der Waals surface area contributed by atoms with E-state index in [1.54, 1.807) is 0 Å². The summed E-state index contributed by atoms with van der Waals surface area (Å²) in [5.41, 5.74) is 5.40. The standard InChI is InChI=1S/C23H22N2O2/c1-2-27-23(26)14-10-11-21-18(12-14)15-7-5-8-17(15)22(25-21)19-13-24-20-9-4-3-6-16(19)20/h3-7,9-13,15,17,22,24-25H,2,8H2,1H3. The second kappa shape index (κ2) is 6.31. The van der Waals surface area contributed by atoms with E-state index in [1.165, 1.54) is 22.0 Å². The van der Waals surface area contributed by atoms with Crippen LogP contribution in [0.5, 0.6) is 0 Å². The van der Waals surface area contributed by atoms with Crippen LogP contribution in [-0.2, 0) is 4.74 Å². The highest BCUT2D eigenvalue weighted by molar-refractivity contribution is 5.91. The van der Waals surface area contributed by atoms with E-state index in [9.17, 15) is 4.79 Å². The molecule has 3 unspecified atom stereocenters. The fraction of sp³-hybridized carbons (Fsp3) is 0.261. The van der Waals surface area contributed by atoms with E-state index in [-0.39, 0.29) is 12.0 Å². The number of carbonyl (C=O) groups is 1. The summed E-state index contributed by atoms with van der Waals surface area (Å²) in [6.07, 6.45) is 7.73. The number of hydrogen-bond donors (Lipinski definition) is 2. The fourth-order valence-electron chi connectivity index (χ4n) is 4.59. The molecule has 27 heavy (non-hydrogen) atoms. The second-order valence-electron chi connectivity index (χ2n) is 7.29. The first kappa shape index (κ1) is 16.2. The van der Waals surface area contributed by atoms with Crippen LogP contribution in [-0.4, -0.2) is 17.6 Å². The van der Waals surface area contributed by atoms with Crippen molar-refractivity contribution in [3.63, 3.8) is 0 Å². The van der Waals surface area contributed by atoms with Crippen molar-refractivity contribution in [2.45, 2.75) is 25.3 Å². The van der Waals surface area contributed by atoms with Gasteiger partial charge in [0.1, 0.15) is 0 Å². The minimum Gasteiger partial charge on any atom is -0.462 e. The summed E-state index contributed by atoms with van der Waals surface area (Å²) in [6, 6.07) is 14.6. The van der Waals surface area contributed by atoms with Crippen LogP contribution in [0.3, 0.4) is 0 Å². The summed E-state index contributed by atoms with van der Waals surface area (Å²) in [6.45, 7) is 2.22. The van der Waals surface area contributed by atoms with Gasteiger partial charge >= 0.3 is 5.97 Å². The molecule has 0 fully saturated rings. The molecule has 0 saturated heterocycles. The Hall–Kier alpha value is -3.01. The van der Waals surface area contributed by atoms with E-state index in [1.807, 2.05) is 25.1 Å². The first-order valence-corrected chi connectivity index (χ1v) is 9.56. The van der Waals surface area contributed by atoms with E-state index in [2.05, 4.69) is 52.9 Å². The van der Waals surface area contributed by atoms with Crippen LogP contribution >= 0.6 is 0 Å². The number of carbonyl (C=O) groups excluding carboxylic acids is 1. The Bertz CT molecular complexity index is 1050. The van der Waals surface area contributed by atoms with Crippen molar-refractivity contribution in [1.82, 2.24) is 4.98 Å². The lowest BCUT2D eigenvalue weighted by Gasteiger charge is -2.37. The van der Waals surface area contributed by atoms with Gasteiger partial charge in [-0.25, -0.2) is 4.79 Å². The molecule has 0 spiro atoms. The van der Waals surface area contributed by atoms with Crippen LogP contribution in [0.25, 0.3) is 10.9 Å². The SMILES string of the molecule is CCOC(=O)c1ccc2c(c1)C1C=CCC1C(c1c[nH]c3ccccc13)N2. The zero-order valence-corrected chi connectivity index (χ0v) is 15.2. The number of hydrogen-bond acceptors (Lipinski definition) is 3. The fourth-order valence-corrected chi connectivity index (χ4v) is 4.59. The predicted octanol–water partition coefficient (Wildman–Crippen LogP) is 5.17. The van der Waals surface area contributed by atoms with Crippen molar-refractivity contribution in [3.05, 3.63) is 77.5 Å². The summed E-state index contributed by atoms with van der Waals surface area (Å²) < 4.78 is 5.18. The summed E-state index contributed by atoms with van der Waals surface area (Å²) in [5.74, 6) is 0.501. The highest BCUT2D eigenvalue weighted by Gasteiger charge is 2.39. The van der Waals surface area contributed by atoms with Gasteiger partial charge in [0.15, 0.2) is 0 Å². The van der Waals surface area contributed by atoms with Gasteiger partial charge in [-0.15, -0.1) is 0 Å².